The van der Waals surface area contributed by atoms with Gasteiger partial charge in [0, 0.05) is 24.2 Å². The molecule has 0 fully saturated rings. The van der Waals surface area contributed by atoms with Crippen molar-refractivity contribution in [2.75, 3.05) is 14.2 Å². The number of rotatable bonds is 5. The summed E-state index contributed by atoms with van der Waals surface area (Å²) in [6, 6.07) is 3.22. The second-order valence-electron chi connectivity index (χ2n) is 3.09. The van der Waals surface area contributed by atoms with Gasteiger partial charge < -0.3 is 9.47 Å². The molecule has 16 heavy (non-hydrogen) atoms. The van der Waals surface area contributed by atoms with Crippen LogP contribution in [0.2, 0.25) is 0 Å². The fourth-order valence-corrected chi connectivity index (χ4v) is 1.13. The lowest BCUT2D eigenvalue weighted by atomic mass is 10.1. The van der Waals surface area contributed by atoms with Crippen LogP contribution in [0.3, 0.4) is 0 Å². The quantitative estimate of drug-likeness (QED) is 0.554. The van der Waals surface area contributed by atoms with Crippen LogP contribution in [0.15, 0.2) is 18.3 Å². The summed E-state index contributed by atoms with van der Waals surface area (Å²) >= 11 is 0. The van der Waals surface area contributed by atoms with E-state index in [0.717, 1.165) is 0 Å². The summed E-state index contributed by atoms with van der Waals surface area (Å²) in [6.45, 7) is 0. The molecular weight excluding hydrogens is 210 g/mol. The van der Waals surface area contributed by atoms with E-state index in [9.17, 15) is 9.59 Å². The number of esters is 1. The molecule has 0 aliphatic carbocycles. The number of aromatic nitrogens is 1. The van der Waals surface area contributed by atoms with Crippen LogP contribution in [0.5, 0.6) is 5.88 Å². The monoisotopic (exact) mass is 223 g/mol. The average Bonchev–Trinajstić information content (AvgIpc) is 2.35. The molecule has 1 aromatic heterocycles. The number of hydrogen-bond acceptors (Lipinski definition) is 5. The molecule has 5 heteroatoms. The summed E-state index contributed by atoms with van der Waals surface area (Å²) in [7, 11) is 2.79. The van der Waals surface area contributed by atoms with Crippen molar-refractivity contribution in [1.82, 2.24) is 4.98 Å². The number of carbonyl (C=O) groups is 2. The van der Waals surface area contributed by atoms with Crippen LogP contribution in [0.25, 0.3) is 0 Å². The maximum Gasteiger partial charge on any atom is 0.305 e. The van der Waals surface area contributed by atoms with E-state index in [2.05, 4.69) is 9.72 Å². The van der Waals surface area contributed by atoms with E-state index in [1.807, 2.05) is 0 Å². The van der Waals surface area contributed by atoms with E-state index >= 15 is 0 Å². The predicted octanol–water partition coefficient (Wildman–Crippen LogP) is 1.23. The number of methoxy groups -OCH3 is 2. The third-order valence-electron chi connectivity index (χ3n) is 2.05. The lowest BCUT2D eigenvalue weighted by Gasteiger charge is -2.01. The molecule has 1 aromatic rings. The maximum absolute atomic E-state index is 11.6. The summed E-state index contributed by atoms with van der Waals surface area (Å²) < 4.78 is 9.31. The fourth-order valence-electron chi connectivity index (χ4n) is 1.13. The zero-order valence-electron chi connectivity index (χ0n) is 9.23. The number of hydrogen-bond donors (Lipinski definition) is 0. The first-order valence-electron chi connectivity index (χ1n) is 4.77. The zero-order valence-corrected chi connectivity index (χ0v) is 9.23. The molecule has 5 nitrogen and oxygen atoms in total. The summed E-state index contributed by atoms with van der Waals surface area (Å²) in [5, 5.41) is 0. The second kappa shape index (κ2) is 5.85. The molecule has 1 heterocycles. The van der Waals surface area contributed by atoms with E-state index in [-0.39, 0.29) is 18.6 Å². The highest BCUT2D eigenvalue weighted by Crippen LogP contribution is 2.09. The van der Waals surface area contributed by atoms with Gasteiger partial charge in [-0.25, -0.2) is 4.98 Å². The summed E-state index contributed by atoms with van der Waals surface area (Å²) in [4.78, 5) is 26.3. The third-order valence-corrected chi connectivity index (χ3v) is 2.05. The first-order valence-corrected chi connectivity index (χ1v) is 4.77. The number of carbonyl (C=O) groups excluding carboxylic acids is 2. The van der Waals surface area contributed by atoms with Gasteiger partial charge in [-0.2, -0.15) is 0 Å². The fraction of sp³-hybridized carbons (Fsp3) is 0.364. The van der Waals surface area contributed by atoms with Crippen LogP contribution in [-0.4, -0.2) is 31.0 Å². The summed E-state index contributed by atoms with van der Waals surface area (Å²) in [5.41, 5.74) is 0.463. The predicted molar refractivity (Wildman–Crippen MR) is 56.4 cm³/mol. The molecule has 0 amide bonds. The highest BCUT2D eigenvalue weighted by molar-refractivity contribution is 5.97. The zero-order chi connectivity index (χ0) is 12.0. The molecule has 1 rings (SSSR count). The molecule has 0 aliphatic heterocycles. The van der Waals surface area contributed by atoms with Crippen LogP contribution in [0, 0.1) is 0 Å². The third kappa shape index (κ3) is 3.34. The molecule has 0 N–H and O–H groups in total. The van der Waals surface area contributed by atoms with Gasteiger partial charge in [0.25, 0.3) is 0 Å². The van der Waals surface area contributed by atoms with Gasteiger partial charge in [0.2, 0.25) is 5.88 Å². The van der Waals surface area contributed by atoms with E-state index < -0.39 is 5.97 Å². The second-order valence-corrected chi connectivity index (χ2v) is 3.09. The number of ether oxygens (including phenoxy) is 2. The Morgan fingerprint density at radius 2 is 2.00 bits per heavy atom. The van der Waals surface area contributed by atoms with Crippen LogP contribution < -0.4 is 4.74 Å². The van der Waals surface area contributed by atoms with Crippen LogP contribution in [-0.2, 0) is 9.53 Å². The Balaban J connectivity index is 2.56. The van der Waals surface area contributed by atoms with E-state index in [1.54, 1.807) is 12.1 Å². The first-order chi connectivity index (χ1) is 7.67. The molecular formula is C11H13NO4. The smallest absolute Gasteiger partial charge is 0.305 e. The maximum atomic E-state index is 11.6. The van der Waals surface area contributed by atoms with Gasteiger partial charge in [-0.05, 0) is 6.07 Å². The van der Waals surface area contributed by atoms with Gasteiger partial charge in [-0.1, -0.05) is 0 Å². The normalized spacial score (nSPS) is 9.62. The first kappa shape index (κ1) is 12.2. The minimum absolute atomic E-state index is 0.0847. The molecule has 86 valence electrons. The molecule has 0 saturated carbocycles. The Hall–Kier alpha value is -1.91. The van der Waals surface area contributed by atoms with Gasteiger partial charge in [0.05, 0.1) is 20.6 Å². The van der Waals surface area contributed by atoms with Crippen molar-refractivity contribution in [2.24, 2.45) is 0 Å². The Labute approximate surface area is 93.4 Å². The Bertz CT molecular complexity index is 372. The van der Waals surface area contributed by atoms with Crippen LogP contribution >= 0.6 is 0 Å². The molecule has 0 aliphatic rings. The van der Waals surface area contributed by atoms with Gasteiger partial charge >= 0.3 is 5.97 Å². The lowest BCUT2D eigenvalue weighted by molar-refractivity contribution is -0.140. The highest BCUT2D eigenvalue weighted by Gasteiger charge is 2.09. The van der Waals surface area contributed by atoms with Crippen LogP contribution in [0.1, 0.15) is 23.2 Å². The largest absolute Gasteiger partial charge is 0.481 e. The standard InChI is InChI=1S/C11H13NO4/c1-15-10-5-3-8(7-12-10)9(13)4-6-11(14)16-2/h3,5,7H,4,6H2,1-2H3. The Morgan fingerprint density at radius 3 is 2.50 bits per heavy atom. The number of nitrogens with zero attached hydrogens (tertiary/aromatic N) is 1. The average molecular weight is 223 g/mol. The minimum atomic E-state index is -0.394. The topological polar surface area (TPSA) is 65.5 Å². The number of ketones is 1. The molecule has 0 spiro atoms. The molecule has 0 atom stereocenters. The molecule has 0 saturated heterocycles. The minimum Gasteiger partial charge on any atom is -0.481 e. The van der Waals surface area contributed by atoms with Gasteiger partial charge in [0.15, 0.2) is 5.78 Å². The van der Waals surface area contributed by atoms with Crippen molar-refractivity contribution in [1.29, 1.82) is 0 Å². The summed E-state index contributed by atoms with van der Waals surface area (Å²) in [5.74, 6) is -0.0834. The number of pyridine rings is 1. The SMILES string of the molecule is COC(=O)CCC(=O)c1ccc(OC)nc1. The molecule has 0 unspecified atom stereocenters. The van der Waals surface area contributed by atoms with E-state index in [0.29, 0.717) is 11.4 Å². The molecule has 0 aromatic carbocycles. The van der Waals surface area contributed by atoms with Crippen molar-refractivity contribution in [2.45, 2.75) is 12.8 Å². The van der Waals surface area contributed by atoms with E-state index in [4.69, 9.17) is 4.74 Å². The highest BCUT2D eigenvalue weighted by atomic mass is 16.5. The molecule has 0 radical (unpaired) electrons. The van der Waals surface area contributed by atoms with Crippen molar-refractivity contribution < 1.29 is 19.1 Å². The van der Waals surface area contributed by atoms with Crippen LogP contribution in [0.4, 0.5) is 0 Å². The van der Waals surface area contributed by atoms with Crippen molar-refractivity contribution in [3.05, 3.63) is 23.9 Å². The van der Waals surface area contributed by atoms with Crippen molar-refractivity contribution in [3.63, 3.8) is 0 Å². The lowest BCUT2D eigenvalue weighted by Crippen LogP contribution is -2.06. The van der Waals surface area contributed by atoms with Gasteiger partial charge in [-0.3, -0.25) is 9.59 Å². The summed E-state index contributed by atoms with van der Waals surface area (Å²) in [6.07, 6.45) is 1.64. The van der Waals surface area contributed by atoms with Gasteiger partial charge in [-0.15, -0.1) is 0 Å². The van der Waals surface area contributed by atoms with E-state index in [1.165, 1.54) is 20.4 Å². The van der Waals surface area contributed by atoms with Gasteiger partial charge in [0.1, 0.15) is 0 Å². The Kier molecular flexibility index (Phi) is 4.44. The van der Waals surface area contributed by atoms with Crippen molar-refractivity contribution >= 4 is 11.8 Å². The molecule has 0 bridgehead atoms. The Morgan fingerprint density at radius 1 is 1.25 bits per heavy atom. The van der Waals surface area contributed by atoms with Crippen molar-refractivity contribution in [3.8, 4) is 5.88 Å². The number of Topliss-reactive ketones (excluding diaryl/α,β-unsaturated/α-hetero) is 1.